The van der Waals surface area contributed by atoms with Gasteiger partial charge in [0.15, 0.2) is 0 Å². The number of hydrogen-bond donors (Lipinski definition) is 0. The van der Waals surface area contributed by atoms with E-state index in [4.69, 9.17) is 9.15 Å². The summed E-state index contributed by atoms with van der Waals surface area (Å²) in [5.74, 6) is 1.32. The largest absolute Gasteiger partial charge is 0.461 e. The summed E-state index contributed by atoms with van der Waals surface area (Å²) in [6.45, 7) is 12.0. The number of hydrogen-bond acceptors (Lipinski definition) is 3. The Kier molecular flexibility index (Phi) is 7.44. The molecule has 4 nitrogen and oxygen atoms in total. The zero-order valence-corrected chi connectivity index (χ0v) is 24.5. The van der Waals surface area contributed by atoms with E-state index in [0.717, 1.165) is 0 Å². The first-order valence-electron chi connectivity index (χ1n) is 13.8. The van der Waals surface area contributed by atoms with Gasteiger partial charge in [0, 0.05) is 23.0 Å². The first-order valence-corrected chi connectivity index (χ1v) is 13.8. The minimum atomic E-state index is -0.370. The summed E-state index contributed by atoms with van der Waals surface area (Å²) in [6, 6.07) is 15.5. The molecular formula is C36H33F2O4+. The van der Waals surface area contributed by atoms with Crippen LogP contribution in [0, 0.1) is 23.0 Å². The van der Waals surface area contributed by atoms with Crippen LogP contribution in [0.3, 0.4) is 0 Å². The van der Waals surface area contributed by atoms with Crippen LogP contribution in [-0.4, -0.2) is 0 Å². The second-order valence-corrected chi connectivity index (χ2v) is 12.7. The topological polar surface area (TPSA) is 54.7 Å². The fourth-order valence-electron chi connectivity index (χ4n) is 4.66. The minimum Gasteiger partial charge on any atom is -0.461 e. The average Bonchev–Trinajstić information content (AvgIpc) is 2.94. The van der Waals surface area contributed by atoms with Gasteiger partial charge in [-0.15, -0.1) is 0 Å². The average molecular weight is 568 g/mol. The van der Waals surface area contributed by atoms with Crippen LogP contribution >= 0.6 is 0 Å². The number of allylic oxidation sites excluding steroid dienone is 3. The highest BCUT2D eigenvalue weighted by Crippen LogP contribution is 2.37. The fraction of sp³-hybridized carbons (Fsp3) is 0.250. The first-order chi connectivity index (χ1) is 19.7. The van der Waals surface area contributed by atoms with Gasteiger partial charge in [-0.2, -0.15) is 0 Å². The van der Waals surface area contributed by atoms with E-state index in [9.17, 15) is 18.4 Å². The molecule has 0 bridgehead atoms. The van der Waals surface area contributed by atoms with Gasteiger partial charge in [0.1, 0.15) is 23.2 Å². The summed E-state index contributed by atoms with van der Waals surface area (Å²) < 4.78 is 39.3. The monoisotopic (exact) mass is 567 g/mol. The molecule has 0 saturated carbocycles. The van der Waals surface area contributed by atoms with Crippen molar-refractivity contribution in [1.29, 1.82) is 0 Å². The summed E-state index contributed by atoms with van der Waals surface area (Å²) >= 11 is 0. The van der Waals surface area contributed by atoms with E-state index >= 15 is 0 Å². The summed E-state index contributed by atoms with van der Waals surface area (Å²) in [6.07, 6.45) is 6.96. The fourth-order valence-corrected chi connectivity index (χ4v) is 4.66. The van der Waals surface area contributed by atoms with Crippen molar-refractivity contribution in [1.82, 2.24) is 0 Å². The molecule has 0 N–H and O–H groups in total. The highest BCUT2D eigenvalue weighted by molar-refractivity contribution is 5.65. The van der Waals surface area contributed by atoms with Crippen molar-refractivity contribution in [2.24, 2.45) is 11.3 Å². The van der Waals surface area contributed by atoms with E-state index in [1.807, 2.05) is 59.8 Å². The Morgan fingerprint density at radius 3 is 1.86 bits per heavy atom. The van der Waals surface area contributed by atoms with Gasteiger partial charge in [-0.05, 0) is 93.1 Å². The second-order valence-electron chi connectivity index (χ2n) is 12.7. The van der Waals surface area contributed by atoms with Gasteiger partial charge >= 0.3 is 11.5 Å². The predicted molar refractivity (Wildman–Crippen MR) is 162 cm³/mol. The lowest BCUT2D eigenvalue weighted by molar-refractivity contribution is 0.257. The molecule has 1 atom stereocenters. The molecule has 0 spiro atoms. The van der Waals surface area contributed by atoms with Crippen LogP contribution in [0.1, 0.15) is 58.4 Å². The molecule has 214 valence electrons. The van der Waals surface area contributed by atoms with Crippen molar-refractivity contribution >= 4 is 17.9 Å². The number of rotatable bonds is 4. The maximum absolute atomic E-state index is 13.5. The standard InChI is InChI=1S/C36H33F2O4/c1-35(2,3)31-19-21(17-29(41-31)23-7-11-25(37)12-8-23)15-27-33(39)28(34(27)40)16-22-18-30(24-9-13-26(38)14-10-24)42-32(20-22)36(4,5)6/h7-21H,1-6H3/q+1. The molecule has 6 heteroatoms. The molecule has 42 heavy (non-hydrogen) atoms. The van der Waals surface area contributed by atoms with Crippen molar-refractivity contribution in [2.75, 3.05) is 0 Å². The molecule has 1 aromatic heterocycles. The molecule has 0 aliphatic carbocycles. The first kappa shape index (κ1) is 29.1. The summed E-state index contributed by atoms with van der Waals surface area (Å²) in [7, 11) is 0. The molecule has 4 aromatic rings. The summed E-state index contributed by atoms with van der Waals surface area (Å²) in [5.41, 5.74) is 0.657. The van der Waals surface area contributed by atoms with Gasteiger partial charge in [0.05, 0.1) is 27.5 Å². The summed E-state index contributed by atoms with van der Waals surface area (Å²) in [4.78, 5) is 26.5. The molecule has 0 saturated heterocycles. The van der Waals surface area contributed by atoms with E-state index in [1.165, 1.54) is 24.3 Å². The van der Waals surface area contributed by atoms with Crippen LogP contribution in [0.4, 0.5) is 8.78 Å². The predicted octanol–water partition coefficient (Wildman–Crippen LogP) is 6.63. The Morgan fingerprint density at radius 2 is 1.31 bits per heavy atom. The normalized spacial score (nSPS) is 15.6. The van der Waals surface area contributed by atoms with E-state index in [-0.39, 0.29) is 49.7 Å². The van der Waals surface area contributed by atoms with Crippen LogP contribution in [0.25, 0.3) is 29.2 Å². The van der Waals surface area contributed by atoms with Crippen LogP contribution in [0.5, 0.6) is 0 Å². The lowest BCUT2D eigenvalue weighted by Crippen LogP contribution is -2.64. The van der Waals surface area contributed by atoms with Gasteiger partial charge in [-0.3, -0.25) is 9.59 Å². The third-order valence-electron chi connectivity index (χ3n) is 7.11. The van der Waals surface area contributed by atoms with Crippen molar-refractivity contribution in [3.63, 3.8) is 0 Å². The van der Waals surface area contributed by atoms with Crippen LogP contribution < -0.4 is 21.3 Å². The molecular weight excluding hydrogens is 534 g/mol. The van der Waals surface area contributed by atoms with Crippen molar-refractivity contribution in [2.45, 2.75) is 47.0 Å². The Bertz CT molecular complexity index is 1880. The van der Waals surface area contributed by atoms with E-state index < -0.39 is 0 Å². The van der Waals surface area contributed by atoms with Gasteiger partial charge in [-0.1, -0.05) is 26.8 Å². The van der Waals surface area contributed by atoms with Gasteiger partial charge in [0.25, 0.3) is 0 Å². The highest BCUT2D eigenvalue weighted by Gasteiger charge is 2.30. The van der Waals surface area contributed by atoms with Gasteiger partial charge in [0.2, 0.25) is 10.9 Å². The third-order valence-corrected chi connectivity index (χ3v) is 7.11. The number of ether oxygens (including phenoxy) is 1. The molecule has 0 amide bonds. The molecule has 1 aliphatic heterocycles. The molecule has 2 heterocycles. The Labute approximate surface area is 243 Å². The smallest absolute Gasteiger partial charge is 0.360 e. The van der Waals surface area contributed by atoms with Crippen molar-refractivity contribution in [3.05, 3.63) is 138 Å². The van der Waals surface area contributed by atoms with Crippen molar-refractivity contribution in [3.8, 4) is 11.3 Å². The minimum absolute atomic E-state index is 0.0900. The Balaban J connectivity index is 1.58. The van der Waals surface area contributed by atoms with Gasteiger partial charge in [-0.25, -0.2) is 13.2 Å². The zero-order chi connectivity index (χ0) is 30.4. The SMILES string of the molecule is CC(C)(C)C1=CC(C=c2c(=O)c(=Cc3cc(-c4ccc(F)cc4)[o+]c(C(C)(C)C)c3)c2=O)C=C(c2ccc(F)cc2)O1. The lowest BCUT2D eigenvalue weighted by Gasteiger charge is -2.29. The lowest BCUT2D eigenvalue weighted by atomic mass is 9.88. The van der Waals surface area contributed by atoms with Gasteiger partial charge < -0.3 is 4.74 Å². The second kappa shape index (κ2) is 10.8. The van der Waals surface area contributed by atoms with Crippen LogP contribution in [-0.2, 0) is 10.2 Å². The van der Waals surface area contributed by atoms with E-state index in [2.05, 4.69) is 0 Å². The quantitative estimate of drug-likeness (QED) is 0.260. The van der Waals surface area contributed by atoms with Crippen molar-refractivity contribution < 1.29 is 17.9 Å². The molecule has 0 fully saturated rings. The molecule has 5 rings (SSSR count). The van der Waals surface area contributed by atoms with Crippen LogP contribution in [0.15, 0.2) is 92.6 Å². The maximum atomic E-state index is 13.5. The molecule has 1 aliphatic rings. The molecule has 3 aromatic carbocycles. The van der Waals surface area contributed by atoms with E-state index in [0.29, 0.717) is 39.7 Å². The highest BCUT2D eigenvalue weighted by atomic mass is 19.1. The molecule has 1 unspecified atom stereocenters. The Morgan fingerprint density at radius 1 is 0.738 bits per heavy atom. The Hall–Kier alpha value is -4.45. The summed E-state index contributed by atoms with van der Waals surface area (Å²) in [5, 5.41) is 0.204. The van der Waals surface area contributed by atoms with Crippen LogP contribution in [0.2, 0.25) is 0 Å². The number of benzene rings is 2. The third kappa shape index (κ3) is 6.08. The van der Waals surface area contributed by atoms with E-state index in [1.54, 1.807) is 42.5 Å². The maximum Gasteiger partial charge on any atom is 0.360 e. The zero-order valence-electron chi connectivity index (χ0n) is 24.5. The number of halogens is 2. The molecule has 0 radical (unpaired) electrons.